The second-order valence-corrected chi connectivity index (χ2v) is 12.6. The Bertz CT molecular complexity index is 2020. The van der Waals surface area contributed by atoms with Gasteiger partial charge in [-0.25, -0.2) is 22.2 Å². The van der Waals surface area contributed by atoms with Crippen molar-refractivity contribution in [3.8, 4) is 28.3 Å². The van der Waals surface area contributed by atoms with Crippen molar-refractivity contribution >= 4 is 32.6 Å². The van der Waals surface area contributed by atoms with E-state index in [1.54, 1.807) is 18.2 Å². The fraction of sp³-hybridized carbons (Fsp3) is 0.188. The number of furan rings is 1. The van der Waals surface area contributed by atoms with Gasteiger partial charge in [-0.2, -0.15) is 0 Å². The molecular weight excluding hydrogens is 576 g/mol. The van der Waals surface area contributed by atoms with Crippen LogP contribution in [0.1, 0.15) is 33.1 Å². The largest absolute Gasteiger partial charge is 0.506 e. The van der Waals surface area contributed by atoms with E-state index in [1.165, 1.54) is 56.6 Å². The lowest BCUT2D eigenvalue weighted by molar-refractivity contribution is 0.0964. The first-order valence-corrected chi connectivity index (χ1v) is 15.3. The van der Waals surface area contributed by atoms with Crippen LogP contribution >= 0.6 is 0 Å². The molecule has 11 heteroatoms. The standard InChI is InChI=1S/C32H27F2N3O5S/c1-35-32(39)29-23-15-22(25-11-12-27(38)30(36-25)19-13-18-5-4-6-24(34)21(18)14-19)26(37(2)43(3,40)41)16-28(23)42-31(29)17-7-9-20(33)10-8-17/h4-12,15-16,19,38H,13-14H2,1-3H3,(H,35,39). The minimum absolute atomic E-state index is 0.0611. The summed E-state index contributed by atoms with van der Waals surface area (Å²) in [6.07, 6.45) is 1.89. The van der Waals surface area contributed by atoms with Crippen molar-refractivity contribution in [3.63, 3.8) is 0 Å². The van der Waals surface area contributed by atoms with Gasteiger partial charge in [0.25, 0.3) is 5.91 Å². The zero-order valence-electron chi connectivity index (χ0n) is 23.5. The monoisotopic (exact) mass is 603 g/mol. The number of fused-ring (bicyclic) bond motifs is 2. The molecule has 1 aliphatic carbocycles. The Balaban J connectivity index is 1.57. The molecule has 2 heterocycles. The fourth-order valence-corrected chi connectivity index (χ4v) is 6.16. The molecule has 0 saturated heterocycles. The van der Waals surface area contributed by atoms with Crippen LogP contribution in [0.3, 0.4) is 0 Å². The van der Waals surface area contributed by atoms with Crippen molar-refractivity contribution in [2.75, 3.05) is 24.7 Å². The Morgan fingerprint density at radius 1 is 1.07 bits per heavy atom. The second kappa shape index (κ2) is 10.5. The maximum atomic E-state index is 14.5. The molecule has 43 heavy (non-hydrogen) atoms. The fourth-order valence-electron chi connectivity index (χ4n) is 5.65. The third-order valence-electron chi connectivity index (χ3n) is 7.90. The highest BCUT2D eigenvalue weighted by atomic mass is 32.2. The van der Waals surface area contributed by atoms with Crippen molar-refractivity contribution < 1.29 is 31.5 Å². The number of halogens is 2. The Labute approximate surface area is 246 Å². The van der Waals surface area contributed by atoms with E-state index in [4.69, 9.17) is 9.40 Å². The first kappa shape index (κ1) is 28.4. The normalized spacial score (nSPS) is 14.6. The third kappa shape index (κ3) is 4.99. The zero-order valence-corrected chi connectivity index (χ0v) is 24.3. The van der Waals surface area contributed by atoms with Crippen molar-refractivity contribution in [1.82, 2.24) is 10.3 Å². The van der Waals surface area contributed by atoms with Crippen molar-refractivity contribution in [1.29, 1.82) is 0 Å². The summed E-state index contributed by atoms with van der Waals surface area (Å²) in [4.78, 5) is 17.9. The van der Waals surface area contributed by atoms with E-state index < -0.39 is 21.7 Å². The summed E-state index contributed by atoms with van der Waals surface area (Å²) < 4.78 is 60.8. The van der Waals surface area contributed by atoms with Crippen LogP contribution < -0.4 is 9.62 Å². The molecular formula is C32H27F2N3O5S. The molecule has 220 valence electrons. The molecule has 1 atom stereocenters. The summed E-state index contributed by atoms with van der Waals surface area (Å²) >= 11 is 0. The van der Waals surface area contributed by atoms with E-state index in [-0.39, 0.29) is 40.1 Å². The first-order chi connectivity index (χ1) is 20.5. The third-order valence-corrected chi connectivity index (χ3v) is 9.09. The van der Waals surface area contributed by atoms with Gasteiger partial charge in [-0.1, -0.05) is 12.1 Å². The molecule has 0 saturated carbocycles. The predicted molar refractivity (Wildman–Crippen MR) is 160 cm³/mol. The van der Waals surface area contributed by atoms with Gasteiger partial charge in [0.15, 0.2) is 0 Å². The Morgan fingerprint density at radius 2 is 1.81 bits per heavy atom. The lowest BCUT2D eigenvalue weighted by Gasteiger charge is -2.21. The van der Waals surface area contributed by atoms with Gasteiger partial charge in [-0.05, 0) is 72.5 Å². The molecule has 8 nitrogen and oxygen atoms in total. The summed E-state index contributed by atoms with van der Waals surface area (Å²) in [6.45, 7) is 0. The molecule has 1 unspecified atom stereocenters. The molecule has 2 N–H and O–H groups in total. The Hall–Kier alpha value is -4.77. The van der Waals surface area contributed by atoms with Gasteiger partial charge >= 0.3 is 0 Å². The number of anilines is 1. The number of amides is 1. The lowest BCUT2D eigenvalue weighted by Crippen LogP contribution is -2.25. The SMILES string of the molecule is CNC(=O)c1c(-c2ccc(F)cc2)oc2cc(N(C)S(C)(=O)=O)c(-c3ccc(O)c(C4Cc5cccc(F)c5C4)n3)cc12. The number of hydrogen-bond donors (Lipinski definition) is 2. The van der Waals surface area contributed by atoms with Crippen LogP contribution in [0, 0.1) is 11.6 Å². The van der Waals surface area contributed by atoms with Crippen LogP contribution in [0.15, 0.2) is 71.1 Å². The number of pyridine rings is 1. The maximum Gasteiger partial charge on any atom is 0.255 e. The molecule has 1 aliphatic rings. The minimum Gasteiger partial charge on any atom is -0.506 e. The van der Waals surface area contributed by atoms with E-state index >= 15 is 0 Å². The molecule has 0 fully saturated rings. The van der Waals surface area contributed by atoms with Crippen LogP contribution in [0.2, 0.25) is 0 Å². The average Bonchev–Trinajstić information content (AvgIpc) is 3.58. The lowest BCUT2D eigenvalue weighted by atomic mass is 9.98. The average molecular weight is 604 g/mol. The van der Waals surface area contributed by atoms with Crippen LogP contribution in [-0.4, -0.2) is 44.8 Å². The summed E-state index contributed by atoms with van der Waals surface area (Å²) in [5.74, 6) is -1.40. The van der Waals surface area contributed by atoms with Crippen LogP contribution in [0.25, 0.3) is 33.6 Å². The topological polar surface area (TPSA) is 113 Å². The van der Waals surface area contributed by atoms with Gasteiger partial charge in [0.05, 0.1) is 28.9 Å². The van der Waals surface area contributed by atoms with Gasteiger partial charge < -0.3 is 14.8 Å². The Morgan fingerprint density at radius 3 is 2.49 bits per heavy atom. The second-order valence-electron chi connectivity index (χ2n) is 10.6. The maximum absolute atomic E-state index is 14.5. The molecule has 1 amide bonds. The van der Waals surface area contributed by atoms with Gasteiger partial charge in [0, 0.05) is 42.6 Å². The van der Waals surface area contributed by atoms with Crippen LogP contribution in [0.4, 0.5) is 14.5 Å². The number of aromatic hydroxyl groups is 1. The molecule has 5 aromatic rings. The highest BCUT2D eigenvalue weighted by molar-refractivity contribution is 7.92. The van der Waals surface area contributed by atoms with Crippen molar-refractivity contribution in [3.05, 3.63) is 101 Å². The molecule has 2 aromatic heterocycles. The molecule has 3 aromatic carbocycles. The number of hydrogen-bond acceptors (Lipinski definition) is 6. The van der Waals surface area contributed by atoms with Crippen LogP contribution in [-0.2, 0) is 22.9 Å². The van der Waals surface area contributed by atoms with Crippen molar-refractivity contribution in [2.24, 2.45) is 0 Å². The van der Waals surface area contributed by atoms with E-state index in [2.05, 4.69) is 5.32 Å². The summed E-state index contributed by atoms with van der Waals surface area (Å²) in [7, 11) is -0.898. The molecule has 0 spiro atoms. The van der Waals surface area contributed by atoms with E-state index in [0.717, 1.165) is 16.1 Å². The van der Waals surface area contributed by atoms with Gasteiger partial charge in [0.1, 0.15) is 28.7 Å². The number of carbonyl (C=O) groups excluding carboxylic acids is 1. The molecule has 0 bridgehead atoms. The van der Waals surface area contributed by atoms with Gasteiger partial charge in [0.2, 0.25) is 10.0 Å². The highest BCUT2D eigenvalue weighted by Crippen LogP contribution is 2.43. The number of nitrogens with one attached hydrogen (secondary N) is 1. The van der Waals surface area contributed by atoms with E-state index in [1.807, 2.05) is 6.07 Å². The molecule has 6 rings (SSSR count). The summed E-state index contributed by atoms with van der Waals surface area (Å²) in [5.41, 5.74) is 3.57. The minimum atomic E-state index is -3.76. The number of aromatic nitrogens is 1. The number of sulfonamides is 1. The zero-order chi connectivity index (χ0) is 30.6. The van der Waals surface area contributed by atoms with Crippen molar-refractivity contribution in [2.45, 2.75) is 18.8 Å². The molecule has 0 aliphatic heterocycles. The van der Waals surface area contributed by atoms with Gasteiger partial charge in [-0.15, -0.1) is 0 Å². The number of rotatable bonds is 6. The number of carbonyl (C=O) groups is 1. The van der Waals surface area contributed by atoms with Gasteiger partial charge in [-0.3, -0.25) is 9.10 Å². The highest BCUT2D eigenvalue weighted by Gasteiger charge is 2.30. The van der Waals surface area contributed by atoms with E-state index in [0.29, 0.717) is 46.3 Å². The Kier molecular flexibility index (Phi) is 6.92. The molecule has 0 radical (unpaired) electrons. The van der Waals surface area contributed by atoms with E-state index in [9.17, 15) is 27.1 Å². The smallest absolute Gasteiger partial charge is 0.255 e. The predicted octanol–water partition coefficient (Wildman–Crippen LogP) is 5.78. The number of benzene rings is 3. The summed E-state index contributed by atoms with van der Waals surface area (Å²) in [6, 6.07) is 16.6. The van der Waals surface area contributed by atoms with Crippen LogP contribution in [0.5, 0.6) is 5.75 Å². The summed E-state index contributed by atoms with van der Waals surface area (Å²) in [5, 5.41) is 13.8. The first-order valence-electron chi connectivity index (χ1n) is 13.4. The number of nitrogens with zero attached hydrogens (tertiary/aromatic N) is 2. The quantitative estimate of drug-likeness (QED) is 0.254.